The van der Waals surface area contributed by atoms with Gasteiger partial charge in [0.2, 0.25) is 0 Å². The van der Waals surface area contributed by atoms with Crippen LogP contribution >= 0.6 is 27.5 Å². The minimum atomic E-state index is 0.541. The lowest BCUT2D eigenvalue weighted by Gasteiger charge is -2.12. The molecule has 0 bridgehead atoms. The third-order valence-electron chi connectivity index (χ3n) is 3.30. The topological polar surface area (TPSA) is 9.23 Å². The van der Waals surface area contributed by atoms with Gasteiger partial charge in [-0.1, -0.05) is 76.1 Å². The summed E-state index contributed by atoms with van der Waals surface area (Å²) in [4.78, 5) is 0. The molecular weight excluding hydrogens is 360 g/mol. The zero-order chi connectivity index (χ0) is 15.4. The molecule has 3 heteroatoms. The van der Waals surface area contributed by atoms with E-state index >= 15 is 0 Å². The number of para-hydroxylation sites is 1. The van der Waals surface area contributed by atoms with Gasteiger partial charge in [0.25, 0.3) is 0 Å². The van der Waals surface area contributed by atoms with Crippen molar-refractivity contribution in [2.45, 2.75) is 6.61 Å². The molecule has 3 rings (SSSR count). The first-order chi connectivity index (χ1) is 10.7. The summed E-state index contributed by atoms with van der Waals surface area (Å²) in [5.74, 6) is 0.848. The second-order valence-electron chi connectivity index (χ2n) is 4.93. The van der Waals surface area contributed by atoms with Crippen molar-refractivity contribution in [2.75, 3.05) is 0 Å². The number of hydrogen-bond donors (Lipinski definition) is 0. The van der Waals surface area contributed by atoms with Gasteiger partial charge in [-0.15, -0.1) is 0 Å². The van der Waals surface area contributed by atoms with Gasteiger partial charge < -0.3 is 4.74 Å². The molecule has 0 aliphatic carbocycles. The molecule has 0 aliphatic heterocycles. The maximum absolute atomic E-state index is 6.15. The minimum absolute atomic E-state index is 0.541. The fraction of sp³-hybridized carbons (Fsp3) is 0.0526. The smallest absolute Gasteiger partial charge is 0.127 e. The summed E-state index contributed by atoms with van der Waals surface area (Å²) >= 11 is 9.64. The van der Waals surface area contributed by atoms with Crippen LogP contribution in [0.1, 0.15) is 5.56 Å². The van der Waals surface area contributed by atoms with E-state index in [1.807, 2.05) is 60.7 Å². The summed E-state index contributed by atoms with van der Waals surface area (Å²) < 4.78 is 6.95. The van der Waals surface area contributed by atoms with Crippen molar-refractivity contribution in [2.24, 2.45) is 0 Å². The van der Waals surface area contributed by atoms with Gasteiger partial charge in [-0.3, -0.25) is 0 Å². The molecule has 0 aromatic heterocycles. The van der Waals surface area contributed by atoms with Crippen LogP contribution in [0.5, 0.6) is 5.75 Å². The van der Waals surface area contributed by atoms with Crippen LogP contribution < -0.4 is 4.74 Å². The molecule has 0 atom stereocenters. The van der Waals surface area contributed by atoms with E-state index in [0.29, 0.717) is 11.6 Å². The third kappa shape index (κ3) is 3.70. The number of rotatable bonds is 4. The van der Waals surface area contributed by atoms with Crippen LogP contribution in [-0.2, 0) is 6.61 Å². The highest BCUT2D eigenvalue weighted by molar-refractivity contribution is 9.10. The molecule has 3 aromatic rings. The predicted octanol–water partition coefficient (Wildman–Crippen LogP) is 6.35. The lowest BCUT2D eigenvalue weighted by Crippen LogP contribution is -1.96. The zero-order valence-electron chi connectivity index (χ0n) is 11.8. The van der Waals surface area contributed by atoms with Crippen molar-refractivity contribution < 1.29 is 4.74 Å². The van der Waals surface area contributed by atoms with Crippen LogP contribution in [0.4, 0.5) is 0 Å². The second kappa shape index (κ2) is 6.99. The van der Waals surface area contributed by atoms with E-state index in [-0.39, 0.29) is 0 Å². The van der Waals surface area contributed by atoms with Crippen molar-refractivity contribution in [3.63, 3.8) is 0 Å². The summed E-state index contributed by atoms with van der Waals surface area (Å²) in [5.41, 5.74) is 3.20. The van der Waals surface area contributed by atoms with Crippen LogP contribution in [0.25, 0.3) is 11.1 Å². The van der Waals surface area contributed by atoms with Crippen LogP contribution in [0.2, 0.25) is 5.02 Å². The molecule has 0 amide bonds. The molecule has 1 nitrogen and oxygen atoms in total. The highest BCUT2D eigenvalue weighted by Gasteiger charge is 2.08. The van der Waals surface area contributed by atoms with E-state index in [1.165, 1.54) is 0 Å². The maximum atomic E-state index is 6.15. The summed E-state index contributed by atoms with van der Waals surface area (Å²) in [6, 6.07) is 24.0. The Morgan fingerprint density at radius 3 is 2.36 bits per heavy atom. The van der Waals surface area contributed by atoms with E-state index in [0.717, 1.165) is 26.9 Å². The van der Waals surface area contributed by atoms with Gasteiger partial charge in [-0.05, 0) is 35.4 Å². The summed E-state index contributed by atoms with van der Waals surface area (Å²) in [7, 11) is 0. The minimum Gasteiger partial charge on any atom is -0.488 e. The molecule has 0 N–H and O–H groups in total. The largest absolute Gasteiger partial charge is 0.488 e. The molecule has 0 saturated heterocycles. The van der Waals surface area contributed by atoms with Gasteiger partial charge in [0, 0.05) is 15.1 Å². The fourth-order valence-corrected chi connectivity index (χ4v) is 3.14. The Kier molecular flexibility index (Phi) is 4.81. The molecule has 0 radical (unpaired) electrons. The predicted molar refractivity (Wildman–Crippen MR) is 95.4 cm³/mol. The molecule has 22 heavy (non-hydrogen) atoms. The standard InChI is InChI=1S/C19H14BrClO/c20-16-10-15(11-17(21)12-16)18-8-4-5-9-19(18)22-13-14-6-2-1-3-7-14/h1-12H,13H2. The molecule has 0 aliphatic rings. The Hall–Kier alpha value is -1.77. The third-order valence-corrected chi connectivity index (χ3v) is 3.97. The highest BCUT2D eigenvalue weighted by atomic mass is 79.9. The fourth-order valence-electron chi connectivity index (χ4n) is 2.28. The molecule has 0 heterocycles. The number of halogens is 2. The Morgan fingerprint density at radius 2 is 1.59 bits per heavy atom. The highest BCUT2D eigenvalue weighted by Crippen LogP contribution is 2.34. The summed E-state index contributed by atoms with van der Waals surface area (Å²) in [5, 5.41) is 0.697. The first-order valence-corrected chi connectivity index (χ1v) is 8.12. The average Bonchev–Trinajstić information content (AvgIpc) is 2.53. The van der Waals surface area contributed by atoms with Gasteiger partial charge in [-0.2, -0.15) is 0 Å². The van der Waals surface area contributed by atoms with Gasteiger partial charge in [-0.25, -0.2) is 0 Å². The zero-order valence-corrected chi connectivity index (χ0v) is 14.1. The normalized spacial score (nSPS) is 10.5. The summed E-state index contributed by atoms with van der Waals surface area (Å²) in [6.07, 6.45) is 0. The Bertz CT molecular complexity index is 751. The van der Waals surface area contributed by atoms with E-state index in [1.54, 1.807) is 0 Å². The van der Waals surface area contributed by atoms with Gasteiger partial charge in [0.05, 0.1) is 0 Å². The Morgan fingerprint density at radius 1 is 0.864 bits per heavy atom. The molecular formula is C19H14BrClO. The van der Waals surface area contributed by atoms with E-state index in [2.05, 4.69) is 28.1 Å². The molecule has 110 valence electrons. The van der Waals surface area contributed by atoms with Gasteiger partial charge in [0.1, 0.15) is 12.4 Å². The summed E-state index contributed by atoms with van der Waals surface area (Å²) in [6.45, 7) is 0.541. The van der Waals surface area contributed by atoms with Crippen LogP contribution in [0.3, 0.4) is 0 Å². The molecule has 0 saturated carbocycles. The van der Waals surface area contributed by atoms with Crippen molar-refractivity contribution in [3.05, 3.63) is 87.9 Å². The van der Waals surface area contributed by atoms with E-state index < -0.39 is 0 Å². The number of ether oxygens (including phenoxy) is 1. The average molecular weight is 374 g/mol. The van der Waals surface area contributed by atoms with Crippen molar-refractivity contribution in [3.8, 4) is 16.9 Å². The Labute approximate surface area is 143 Å². The molecule has 0 fully saturated rings. The van der Waals surface area contributed by atoms with Crippen molar-refractivity contribution in [1.82, 2.24) is 0 Å². The van der Waals surface area contributed by atoms with Crippen molar-refractivity contribution in [1.29, 1.82) is 0 Å². The lowest BCUT2D eigenvalue weighted by molar-refractivity contribution is 0.307. The first-order valence-electron chi connectivity index (χ1n) is 6.94. The second-order valence-corrected chi connectivity index (χ2v) is 6.28. The van der Waals surface area contributed by atoms with Gasteiger partial charge in [0.15, 0.2) is 0 Å². The van der Waals surface area contributed by atoms with E-state index in [4.69, 9.17) is 16.3 Å². The maximum Gasteiger partial charge on any atom is 0.127 e. The van der Waals surface area contributed by atoms with E-state index in [9.17, 15) is 0 Å². The Balaban J connectivity index is 1.89. The van der Waals surface area contributed by atoms with Crippen LogP contribution in [-0.4, -0.2) is 0 Å². The number of hydrogen-bond acceptors (Lipinski definition) is 1. The van der Waals surface area contributed by atoms with Crippen molar-refractivity contribution >= 4 is 27.5 Å². The molecule has 0 unspecified atom stereocenters. The first kappa shape index (κ1) is 15.1. The number of benzene rings is 3. The van der Waals surface area contributed by atoms with Crippen LogP contribution in [0.15, 0.2) is 77.3 Å². The lowest BCUT2D eigenvalue weighted by atomic mass is 10.0. The van der Waals surface area contributed by atoms with Gasteiger partial charge >= 0.3 is 0 Å². The van der Waals surface area contributed by atoms with Crippen LogP contribution in [0, 0.1) is 0 Å². The SMILES string of the molecule is Clc1cc(Br)cc(-c2ccccc2OCc2ccccc2)c1. The quantitative estimate of drug-likeness (QED) is 0.518. The monoisotopic (exact) mass is 372 g/mol. The molecule has 3 aromatic carbocycles. The molecule has 0 spiro atoms.